The van der Waals surface area contributed by atoms with Gasteiger partial charge in [-0.05, 0) is 48.9 Å². The largest absolute Gasteiger partial charge is 0.283 e. The van der Waals surface area contributed by atoms with E-state index in [1.165, 1.54) is 36.5 Å². The van der Waals surface area contributed by atoms with Crippen molar-refractivity contribution < 1.29 is 16.8 Å². The Morgan fingerprint density at radius 2 is 1.50 bits per heavy atom. The van der Waals surface area contributed by atoms with E-state index in [1.54, 1.807) is 24.3 Å². The molecule has 3 aromatic rings. The van der Waals surface area contributed by atoms with E-state index in [0.717, 1.165) is 5.56 Å². The topological polar surface area (TPSA) is 105 Å². The lowest BCUT2D eigenvalue weighted by Gasteiger charge is -2.10. The van der Waals surface area contributed by atoms with E-state index >= 15 is 0 Å². The highest BCUT2D eigenvalue weighted by Crippen LogP contribution is 2.19. The third kappa shape index (κ3) is 5.30. The van der Waals surface area contributed by atoms with Crippen LogP contribution in [0.5, 0.6) is 0 Å². The minimum absolute atomic E-state index is 0.000337. The molecule has 0 saturated heterocycles. The predicted molar refractivity (Wildman–Crippen MR) is 109 cm³/mol. The number of aromatic nitrogens is 1. The Labute approximate surface area is 164 Å². The van der Waals surface area contributed by atoms with Gasteiger partial charge in [-0.25, -0.2) is 21.8 Å². The minimum Gasteiger partial charge on any atom is -0.283 e. The van der Waals surface area contributed by atoms with Gasteiger partial charge in [-0.1, -0.05) is 35.9 Å². The summed E-state index contributed by atoms with van der Waals surface area (Å²) in [6, 6.07) is 17.5. The molecule has 0 bridgehead atoms. The van der Waals surface area contributed by atoms with E-state index in [0.29, 0.717) is 5.56 Å². The molecular formula is C19H19N3O4S2. The van der Waals surface area contributed by atoms with Crippen LogP contribution < -0.4 is 9.44 Å². The molecule has 0 atom stereocenters. The van der Waals surface area contributed by atoms with E-state index in [4.69, 9.17) is 0 Å². The molecule has 28 heavy (non-hydrogen) atoms. The summed E-state index contributed by atoms with van der Waals surface area (Å²) in [6.45, 7) is 1.93. The van der Waals surface area contributed by atoms with Gasteiger partial charge < -0.3 is 0 Å². The van der Waals surface area contributed by atoms with Gasteiger partial charge in [0.2, 0.25) is 10.0 Å². The van der Waals surface area contributed by atoms with E-state index in [1.807, 2.05) is 19.1 Å². The number of aryl methyl sites for hydroxylation is 1. The lowest BCUT2D eigenvalue weighted by Crippen LogP contribution is -2.16. The smallest absolute Gasteiger partial charge is 0.263 e. The average molecular weight is 418 g/mol. The molecule has 0 aliphatic carbocycles. The van der Waals surface area contributed by atoms with E-state index in [-0.39, 0.29) is 22.2 Å². The molecule has 0 unspecified atom stereocenters. The quantitative estimate of drug-likeness (QED) is 0.614. The zero-order valence-electron chi connectivity index (χ0n) is 15.0. The number of benzene rings is 2. The van der Waals surface area contributed by atoms with Crippen molar-refractivity contribution in [2.75, 3.05) is 9.44 Å². The van der Waals surface area contributed by atoms with E-state index < -0.39 is 20.0 Å². The maximum Gasteiger partial charge on any atom is 0.263 e. The molecule has 0 saturated carbocycles. The number of anilines is 2. The maximum atomic E-state index is 12.4. The molecule has 146 valence electrons. The lowest BCUT2D eigenvalue weighted by molar-refractivity contribution is 0.599. The number of rotatable bonds is 7. The molecule has 0 aliphatic heterocycles. The average Bonchev–Trinajstić information content (AvgIpc) is 2.64. The molecule has 7 nitrogen and oxygen atoms in total. The van der Waals surface area contributed by atoms with Crippen molar-refractivity contribution in [3.05, 3.63) is 84.1 Å². The first-order valence-electron chi connectivity index (χ1n) is 8.33. The summed E-state index contributed by atoms with van der Waals surface area (Å²) in [7, 11) is -7.44. The fourth-order valence-corrected chi connectivity index (χ4v) is 4.65. The molecule has 9 heteroatoms. The predicted octanol–water partition coefficient (Wildman–Crippen LogP) is 3.13. The summed E-state index contributed by atoms with van der Waals surface area (Å²) in [4.78, 5) is 3.92. The number of nitrogens with zero attached hydrogens (tertiary/aromatic N) is 1. The van der Waals surface area contributed by atoms with Crippen LogP contribution in [0.1, 0.15) is 11.1 Å². The third-order valence-electron chi connectivity index (χ3n) is 3.82. The molecular weight excluding hydrogens is 398 g/mol. The van der Waals surface area contributed by atoms with E-state index in [9.17, 15) is 16.8 Å². The summed E-state index contributed by atoms with van der Waals surface area (Å²) >= 11 is 0. The van der Waals surface area contributed by atoms with Crippen molar-refractivity contribution in [3.63, 3.8) is 0 Å². The Morgan fingerprint density at radius 3 is 2.11 bits per heavy atom. The first-order chi connectivity index (χ1) is 13.2. The Hall–Kier alpha value is -2.91. The molecule has 1 heterocycles. The van der Waals surface area contributed by atoms with Crippen LogP contribution in [-0.4, -0.2) is 21.8 Å². The number of hydrogen-bond acceptors (Lipinski definition) is 5. The first-order valence-corrected chi connectivity index (χ1v) is 11.5. The van der Waals surface area contributed by atoms with Crippen molar-refractivity contribution in [1.29, 1.82) is 0 Å². The summed E-state index contributed by atoms with van der Waals surface area (Å²) in [5.74, 6) is 0.0274. The highest BCUT2D eigenvalue weighted by molar-refractivity contribution is 7.92. The van der Waals surface area contributed by atoms with Crippen molar-refractivity contribution in [1.82, 2.24) is 4.98 Å². The Balaban J connectivity index is 1.70. The zero-order chi connectivity index (χ0) is 20.2. The minimum atomic E-state index is -3.82. The fraction of sp³-hybridized carbons (Fsp3) is 0.105. The van der Waals surface area contributed by atoms with Crippen LogP contribution >= 0.6 is 0 Å². The second-order valence-electron chi connectivity index (χ2n) is 6.19. The van der Waals surface area contributed by atoms with Gasteiger partial charge in [0.05, 0.1) is 10.6 Å². The van der Waals surface area contributed by atoms with Crippen LogP contribution in [0.3, 0.4) is 0 Å². The molecule has 2 N–H and O–H groups in total. The Morgan fingerprint density at radius 1 is 0.821 bits per heavy atom. The van der Waals surface area contributed by atoms with Crippen LogP contribution in [0.4, 0.5) is 11.5 Å². The molecule has 0 amide bonds. The summed E-state index contributed by atoms with van der Waals surface area (Å²) in [5.41, 5.74) is 1.99. The van der Waals surface area contributed by atoms with Crippen LogP contribution in [-0.2, 0) is 25.8 Å². The van der Waals surface area contributed by atoms with Crippen molar-refractivity contribution in [2.45, 2.75) is 17.6 Å². The molecule has 0 aliphatic rings. The van der Waals surface area contributed by atoms with Gasteiger partial charge in [-0.2, -0.15) is 0 Å². The SMILES string of the molecule is Cc1ccc(CS(=O)(=O)Nc2ccc(S(=O)(=O)Nc3ccccn3)cc2)cc1. The van der Waals surface area contributed by atoms with Gasteiger partial charge >= 0.3 is 0 Å². The Kier molecular flexibility index (Phi) is 5.66. The molecule has 3 rings (SSSR count). The maximum absolute atomic E-state index is 12.4. The van der Waals surface area contributed by atoms with Gasteiger partial charge in [0.15, 0.2) is 0 Å². The lowest BCUT2D eigenvalue weighted by atomic mass is 10.2. The number of hydrogen-bond donors (Lipinski definition) is 2. The summed E-state index contributed by atoms with van der Waals surface area (Å²) in [6.07, 6.45) is 1.48. The first kappa shape index (κ1) is 19.8. The zero-order valence-corrected chi connectivity index (χ0v) is 16.7. The standard InChI is InChI=1S/C19H19N3O4S2/c1-15-5-7-16(8-6-15)14-27(23,24)21-17-9-11-18(12-10-17)28(25,26)22-19-4-2-3-13-20-19/h2-13,21H,14H2,1H3,(H,20,22). The Bertz CT molecular complexity index is 1140. The molecule has 1 aromatic heterocycles. The number of pyridine rings is 1. The number of sulfonamides is 2. The van der Waals surface area contributed by atoms with E-state index in [2.05, 4.69) is 14.4 Å². The third-order valence-corrected chi connectivity index (χ3v) is 6.45. The molecule has 2 aromatic carbocycles. The van der Waals surface area contributed by atoms with Crippen molar-refractivity contribution in [2.24, 2.45) is 0 Å². The highest BCUT2D eigenvalue weighted by Gasteiger charge is 2.16. The fourth-order valence-electron chi connectivity index (χ4n) is 2.44. The van der Waals surface area contributed by atoms with Gasteiger partial charge in [-0.15, -0.1) is 0 Å². The van der Waals surface area contributed by atoms with Gasteiger partial charge in [0.25, 0.3) is 10.0 Å². The normalized spacial score (nSPS) is 11.8. The van der Waals surface area contributed by atoms with Crippen molar-refractivity contribution in [3.8, 4) is 0 Å². The summed E-state index contributed by atoms with van der Waals surface area (Å²) in [5, 5.41) is 0. The monoisotopic (exact) mass is 417 g/mol. The van der Waals surface area contributed by atoms with Crippen LogP contribution in [0.2, 0.25) is 0 Å². The second-order valence-corrected chi connectivity index (χ2v) is 9.60. The summed E-state index contributed by atoms with van der Waals surface area (Å²) < 4.78 is 54.2. The number of nitrogens with one attached hydrogen (secondary N) is 2. The molecule has 0 radical (unpaired) electrons. The second kappa shape index (κ2) is 7.99. The van der Waals surface area contributed by atoms with Gasteiger partial charge in [-0.3, -0.25) is 9.44 Å². The van der Waals surface area contributed by atoms with Gasteiger partial charge in [0.1, 0.15) is 5.82 Å². The van der Waals surface area contributed by atoms with Gasteiger partial charge in [0, 0.05) is 11.9 Å². The van der Waals surface area contributed by atoms with Crippen LogP contribution in [0, 0.1) is 6.92 Å². The molecule has 0 spiro atoms. The van der Waals surface area contributed by atoms with Crippen LogP contribution in [0.25, 0.3) is 0 Å². The van der Waals surface area contributed by atoms with Crippen molar-refractivity contribution >= 4 is 31.6 Å². The van der Waals surface area contributed by atoms with Crippen LogP contribution in [0.15, 0.2) is 77.8 Å². The highest BCUT2D eigenvalue weighted by atomic mass is 32.2. The molecule has 0 fully saturated rings.